The van der Waals surface area contributed by atoms with Crippen LogP contribution < -0.4 is 0 Å². The standard InChI is InChI=1S/C22H14N2S.Pt/c1-2-9-18(10-3-1)25-19-11-6-8-17(16-19)20-13-7-14-22(24-20)21-12-4-5-15-23-21;/h1-9,11-15H;/q-2;+2. The Hall–Kier alpha value is -2.22. The maximum Gasteiger partial charge on any atom is 2.00 e. The van der Waals surface area contributed by atoms with Gasteiger partial charge in [-0.2, -0.15) is 30.3 Å². The molecule has 0 fully saturated rings. The van der Waals surface area contributed by atoms with Crippen molar-refractivity contribution in [2.45, 2.75) is 9.79 Å². The van der Waals surface area contributed by atoms with Gasteiger partial charge >= 0.3 is 21.1 Å². The largest absolute Gasteiger partial charge is 2.00 e. The van der Waals surface area contributed by atoms with E-state index in [0.717, 1.165) is 32.4 Å². The third-order valence-electron chi connectivity index (χ3n) is 3.62. The SMILES string of the molecule is [Pt+2].[c-]1ccccc1Sc1[c-]c(-c2cccc(-c3ccccn3)n2)ccc1. The molecule has 0 N–H and O–H groups in total. The first-order chi connectivity index (χ1) is 12.4. The molecule has 0 bridgehead atoms. The molecule has 0 amide bonds. The van der Waals surface area contributed by atoms with E-state index in [9.17, 15) is 0 Å². The fourth-order valence-corrected chi connectivity index (χ4v) is 3.28. The van der Waals surface area contributed by atoms with E-state index >= 15 is 0 Å². The number of rotatable bonds is 4. The van der Waals surface area contributed by atoms with E-state index in [1.165, 1.54) is 0 Å². The average Bonchev–Trinajstić information content (AvgIpc) is 2.70. The van der Waals surface area contributed by atoms with Gasteiger partial charge in [0.1, 0.15) is 0 Å². The van der Waals surface area contributed by atoms with Gasteiger partial charge in [-0.3, -0.25) is 9.97 Å². The molecule has 128 valence electrons. The molecular weight excluding hydrogens is 519 g/mol. The van der Waals surface area contributed by atoms with Gasteiger partial charge in [0.2, 0.25) is 0 Å². The molecule has 2 aromatic heterocycles. The Balaban J connectivity index is 0.00000196. The van der Waals surface area contributed by atoms with E-state index < -0.39 is 0 Å². The Labute approximate surface area is 172 Å². The van der Waals surface area contributed by atoms with Gasteiger partial charge in [-0.25, -0.2) is 0 Å². The van der Waals surface area contributed by atoms with Crippen LogP contribution >= 0.6 is 11.8 Å². The van der Waals surface area contributed by atoms with Crippen molar-refractivity contribution in [1.82, 2.24) is 9.97 Å². The van der Waals surface area contributed by atoms with E-state index in [2.05, 4.69) is 23.2 Å². The molecule has 0 aliphatic heterocycles. The Morgan fingerprint density at radius 3 is 2.27 bits per heavy atom. The van der Waals surface area contributed by atoms with Crippen LogP contribution in [0.2, 0.25) is 0 Å². The van der Waals surface area contributed by atoms with Crippen LogP contribution in [0, 0.1) is 12.1 Å². The van der Waals surface area contributed by atoms with Crippen LogP contribution in [0.3, 0.4) is 0 Å². The van der Waals surface area contributed by atoms with E-state index in [1.54, 1.807) is 18.0 Å². The predicted octanol–water partition coefficient (Wildman–Crippen LogP) is 5.56. The normalized spacial score (nSPS) is 10.2. The Morgan fingerprint density at radius 1 is 0.692 bits per heavy atom. The van der Waals surface area contributed by atoms with Crippen LogP contribution in [0.5, 0.6) is 0 Å². The number of nitrogens with zero attached hydrogens (tertiary/aromatic N) is 2. The van der Waals surface area contributed by atoms with Gasteiger partial charge in [-0.15, -0.1) is 46.5 Å². The van der Waals surface area contributed by atoms with Crippen LogP contribution in [0.25, 0.3) is 22.6 Å². The summed E-state index contributed by atoms with van der Waals surface area (Å²) in [5, 5.41) is 0. The number of aromatic nitrogens is 2. The topological polar surface area (TPSA) is 25.8 Å². The van der Waals surface area contributed by atoms with Crippen LogP contribution in [0.4, 0.5) is 0 Å². The molecule has 0 aliphatic carbocycles. The first kappa shape index (κ1) is 18.6. The third kappa shape index (κ3) is 4.49. The quantitative estimate of drug-likeness (QED) is 0.322. The Bertz CT molecular complexity index is 975. The van der Waals surface area contributed by atoms with Crippen molar-refractivity contribution in [3.63, 3.8) is 0 Å². The zero-order chi connectivity index (χ0) is 16.9. The molecule has 4 rings (SSSR count). The molecule has 4 aromatic rings. The molecule has 2 nitrogen and oxygen atoms in total. The summed E-state index contributed by atoms with van der Waals surface area (Å²) in [6.45, 7) is 0. The number of hydrogen-bond donors (Lipinski definition) is 0. The minimum atomic E-state index is 0. The van der Waals surface area contributed by atoms with E-state index in [4.69, 9.17) is 4.98 Å². The molecule has 2 heterocycles. The van der Waals surface area contributed by atoms with Gasteiger partial charge in [0.25, 0.3) is 0 Å². The molecule has 0 atom stereocenters. The predicted molar refractivity (Wildman–Crippen MR) is 101 cm³/mol. The smallest absolute Gasteiger partial charge is 0.295 e. The second kappa shape index (κ2) is 8.93. The molecular formula is C22H14N2PtS. The molecule has 4 heteroatoms. The summed E-state index contributed by atoms with van der Waals surface area (Å²) < 4.78 is 0. The third-order valence-corrected chi connectivity index (χ3v) is 4.55. The van der Waals surface area contributed by atoms with Crippen molar-refractivity contribution in [3.05, 3.63) is 97.2 Å². The first-order valence-electron chi connectivity index (χ1n) is 7.94. The Kier molecular flexibility index (Phi) is 6.38. The molecule has 0 saturated carbocycles. The van der Waals surface area contributed by atoms with Crippen molar-refractivity contribution >= 4 is 11.8 Å². The van der Waals surface area contributed by atoms with Crippen molar-refractivity contribution in [1.29, 1.82) is 0 Å². The molecule has 0 unspecified atom stereocenters. The fraction of sp³-hybridized carbons (Fsp3) is 0. The second-order valence-electron chi connectivity index (χ2n) is 5.38. The van der Waals surface area contributed by atoms with E-state index in [0.29, 0.717) is 0 Å². The van der Waals surface area contributed by atoms with Crippen molar-refractivity contribution in [2.24, 2.45) is 0 Å². The van der Waals surface area contributed by atoms with E-state index in [1.807, 2.05) is 72.8 Å². The molecule has 26 heavy (non-hydrogen) atoms. The second-order valence-corrected chi connectivity index (χ2v) is 6.46. The summed E-state index contributed by atoms with van der Waals surface area (Å²) >= 11 is 1.65. The summed E-state index contributed by atoms with van der Waals surface area (Å²) in [4.78, 5) is 11.2. The van der Waals surface area contributed by atoms with Gasteiger partial charge in [0.15, 0.2) is 0 Å². The molecule has 0 spiro atoms. The van der Waals surface area contributed by atoms with Gasteiger partial charge in [0, 0.05) is 6.20 Å². The number of benzene rings is 2. The van der Waals surface area contributed by atoms with Crippen molar-refractivity contribution < 1.29 is 21.1 Å². The summed E-state index contributed by atoms with van der Waals surface area (Å²) in [7, 11) is 0. The summed E-state index contributed by atoms with van der Waals surface area (Å²) in [5.41, 5.74) is 3.59. The zero-order valence-corrected chi connectivity index (χ0v) is 16.8. The van der Waals surface area contributed by atoms with Crippen LogP contribution in [0.15, 0.2) is 94.9 Å². The van der Waals surface area contributed by atoms with Crippen LogP contribution in [-0.2, 0) is 21.1 Å². The Morgan fingerprint density at radius 2 is 1.46 bits per heavy atom. The number of pyridine rings is 2. The number of hydrogen-bond acceptors (Lipinski definition) is 3. The van der Waals surface area contributed by atoms with Crippen molar-refractivity contribution in [2.75, 3.05) is 0 Å². The van der Waals surface area contributed by atoms with Crippen LogP contribution in [-0.4, -0.2) is 9.97 Å². The maximum absolute atomic E-state index is 4.75. The molecule has 0 aliphatic rings. The maximum atomic E-state index is 4.75. The monoisotopic (exact) mass is 533 g/mol. The zero-order valence-electron chi connectivity index (χ0n) is 13.7. The minimum absolute atomic E-state index is 0. The molecule has 2 aromatic carbocycles. The first-order valence-corrected chi connectivity index (χ1v) is 8.76. The van der Waals surface area contributed by atoms with Gasteiger partial charge in [0.05, 0.1) is 11.4 Å². The fourth-order valence-electron chi connectivity index (χ4n) is 2.46. The van der Waals surface area contributed by atoms with E-state index in [-0.39, 0.29) is 21.1 Å². The molecule has 0 saturated heterocycles. The van der Waals surface area contributed by atoms with Gasteiger partial charge in [-0.05, 0) is 23.9 Å². The van der Waals surface area contributed by atoms with Gasteiger partial charge < -0.3 is 0 Å². The van der Waals surface area contributed by atoms with Gasteiger partial charge in [-0.1, -0.05) is 23.1 Å². The minimum Gasteiger partial charge on any atom is -0.295 e. The molecule has 0 radical (unpaired) electrons. The summed E-state index contributed by atoms with van der Waals surface area (Å²) in [6, 6.07) is 32.6. The average molecular weight is 534 g/mol. The van der Waals surface area contributed by atoms with Crippen molar-refractivity contribution in [3.8, 4) is 22.6 Å². The summed E-state index contributed by atoms with van der Waals surface area (Å²) in [6.07, 6.45) is 1.78. The summed E-state index contributed by atoms with van der Waals surface area (Å²) in [5.74, 6) is 0. The van der Waals surface area contributed by atoms with Crippen LogP contribution in [0.1, 0.15) is 0 Å².